The van der Waals surface area contributed by atoms with Crippen molar-refractivity contribution in [3.05, 3.63) is 34.2 Å². The van der Waals surface area contributed by atoms with Crippen molar-refractivity contribution in [1.82, 2.24) is 14.8 Å². The molecule has 1 N–H and O–H groups in total. The highest BCUT2D eigenvalue weighted by Crippen LogP contribution is 2.12. The van der Waals surface area contributed by atoms with Crippen LogP contribution < -0.4 is 10.9 Å². The van der Waals surface area contributed by atoms with Crippen molar-refractivity contribution in [1.29, 1.82) is 0 Å². The molecule has 0 aromatic carbocycles. The Labute approximate surface area is 113 Å². The number of aromatic nitrogens is 1. The van der Waals surface area contributed by atoms with Crippen molar-refractivity contribution >= 4 is 5.91 Å². The average Bonchev–Trinajstić information content (AvgIpc) is 2.42. The van der Waals surface area contributed by atoms with Crippen LogP contribution in [-0.4, -0.2) is 42.1 Å². The number of aryl methyl sites for hydroxylation is 1. The predicted molar refractivity (Wildman–Crippen MR) is 74.2 cm³/mol. The summed E-state index contributed by atoms with van der Waals surface area (Å²) in [6.45, 7) is 2.78. The summed E-state index contributed by atoms with van der Waals surface area (Å²) in [6.07, 6.45) is 3.95. The van der Waals surface area contributed by atoms with Gasteiger partial charge in [0.1, 0.15) is 0 Å². The summed E-state index contributed by atoms with van der Waals surface area (Å²) >= 11 is 0. The molecule has 5 heteroatoms. The lowest BCUT2D eigenvalue weighted by molar-refractivity contribution is 0.0764. The Balaban J connectivity index is 2.01. The second-order valence-corrected chi connectivity index (χ2v) is 5.26. The number of rotatable bonds is 3. The van der Waals surface area contributed by atoms with Gasteiger partial charge in [-0.05, 0) is 37.9 Å². The normalized spacial score (nSPS) is 19.2. The minimum Gasteiger partial charge on any atom is -0.341 e. The van der Waals surface area contributed by atoms with Crippen molar-refractivity contribution in [3.8, 4) is 0 Å². The van der Waals surface area contributed by atoms with E-state index in [1.54, 1.807) is 31.3 Å². The number of carbonyl (C=O) groups excluding carboxylic acids is 1. The van der Waals surface area contributed by atoms with E-state index in [4.69, 9.17) is 0 Å². The first-order chi connectivity index (χ1) is 9.08. The van der Waals surface area contributed by atoms with Gasteiger partial charge < -0.3 is 14.8 Å². The lowest BCUT2D eigenvalue weighted by atomic mass is 9.99. The third-order valence-electron chi connectivity index (χ3n) is 3.63. The lowest BCUT2D eigenvalue weighted by Gasteiger charge is -2.27. The third-order valence-corrected chi connectivity index (χ3v) is 3.63. The Bertz CT molecular complexity index is 504. The molecule has 1 aromatic heterocycles. The molecule has 0 saturated carbocycles. The molecule has 1 amide bonds. The Morgan fingerprint density at radius 1 is 1.58 bits per heavy atom. The van der Waals surface area contributed by atoms with Crippen LogP contribution in [0.4, 0.5) is 0 Å². The van der Waals surface area contributed by atoms with Crippen molar-refractivity contribution in [2.75, 3.05) is 26.7 Å². The van der Waals surface area contributed by atoms with E-state index < -0.39 is 0 Å². The molecule has 1 aliphatic rings. The zero-order chi connectivity index (χ0) is 13.8. The van der Waals surface area contributed by atoms with E-state index in [1.807, 2.05) is 0 Å². The minimum atomic E-state index is -0.154. The summed E-state index contributed by atoms with van der Waals surface area (Å²) in [6, 6.07) is 3.09. The van der Waals surface area contributed by atoms with Crippen LogP contribution in [0.3, 0.4) is 0 Å². The fourth-order valence-electron chi connectivity index (χ4n) is 2.45. The zero-order valence-electron chi connectivity index (χ0n) is 11.6. The molecule has 5 nitrogen and oxygen atoms in total. The monoisotopic (exact) mass is 263 g/mol. The van der Waals surface area contributed by atoms with Crippen LogP contribution in [0.15, 0.2) is 23.1 Å². The van der Waals surface area contributed by atoms with Crippen LogP contribution in [0.5, 0.6) is 0 Å². The number of piperidine rings is 1. The van der Waals surface area contributed by atoms with Gasteiger partial charge in [0.25, 0.3) is 11.5 Å². The zero-order valence-corrected chi connectivity index (χ0v) is 11.6. The van der Waals surface area contributed by atoms with Crippen molar-refractivity contribution < 1.29 is 4.79 Å². The number of carbonyl (C=O) groups is 1. The maximum atomic E-state index is 12.2. The average molecular weight is 263 g/mol. The van der Waals surface area contributed by atoms with Crippen LogP contribution in [0.1, 0.15) is 23.2 Å². The number of nitrogens with zero attached hydrogens (tertiary/aromatic N) is 2. The molecule has 1 fully saturated rings. The summed E-state index contributed by atoms with van der Waals surface area (Å²) in [5, 5.41) is 3.34. The Kier molecular flexibility index (Phi) is 4.37. The fraction of sp³-hybridized carbons (Fsp3) is 0.571. The van der Waals surface area contributed by atoms with E-state index in [9.17, 15) is 9.59 Å². The highest BCUT2D eigenvalue weighted by Gasteiger charge is 2.19. The smallest absolute Gasteiger partial charge is 0.253 e. The molecule has 104 valence electrons. The first-order valence-electron chi connectivity index (χ1n) is 6.71. The van der Waals surface area contributed by atoms with Crippen LogP contribution in [0.2, 0.25) is 0 Å². The molecule has 1 aromatic rings. The fourth-order valence-corrected chi connectivity index (χ4v) is 2.45. The topological polar surface area (TPSA) is 54.3 Å². The molecule has 1 saturated heterocycles. The first kappa shape index (κ1) is 13.8. The second kappa shape index (κ2) is 6.02. The van der Waals surface area contributed by atoms with Crippen molar-refractivity contribution in [2.45, 2.75) is 12.8 Å². The summed E-state index contributed by atoms with van der Waals surface area (Å²) in [4.78, 5) is 25.5. The van der Waals surface area contributed by atoms with Gasteiger partial charge in [-0.1, -0.05) is 0 Å². The van der Waals surface area contributed by atoms with Gasteiger partial charge >= 0.3 is 0 Å². The van der Waals surface area contributed by atoms with Gasteiger partial charge in [0, 0.05) is 38.5 Å². The van der Waals surface area contributed by atoms with Gasteiger partial charge in [-0.25, -0.2) is 0 Å². The Morgan fingerprint density at radius 2 is 2.37 bits per heavy atom. The minimum absolute atomic E-state index is 0.0803. The van der Waals surface area contributed by atoms with E-state index in [2.05, 4.69) is 5.32 Å². The SMILES string of the molecule is CN(CC1CCCNC1)C(=O)c1ccn(C)c(=O)c1. The van der Waals surface area contributed by atoms with E-state index in [-0.39, 0.29) is 11.5 Å². The van der Waals surface area contributed by atoms with Gasteiger partial charge in [0.05, 0.1) is 0 Å². The summed E-state index contributed by atoms with van der Waals surface area (Å²) in [5.41, 5.74) is 0.313. The lowest BCUT2D eigenvalue weighted by Crippen LogP contribution is -2.39. The van der Waals surface area contributed by atoms with Gasteiger partial charge in [0.15, 0.2) is 0 Å². The molecule has 1 atom stereocenters. The summed E-state index contributed by atoms with van der Waals surface area (Å²) < 4.78 is 1.46. The molecule has 0 aliphatic carbocycles. The summed E-state index contributed by atoms with van der Waals surface area (Å²) in [5.74, 6) is 0.428. The molecule has 0 spiro atoms. The Morgan fingerprint density at radius 3 is 3.00 bits per heavy atom. The van der Waals surface area contributed by atoms with Crippen LogP contribution in [-0.2, 0) is 7.05 Å². The largest absolute Gasteiger partial charge is 0.341 e. The van der Waals surface area contributed by atoms with Gasteiger partial charge in [-0.15, -0.1) is 0 Å². The number of pyridine rings is 1. The van der Waals surface area contributed by atoms with E-state index in [0.29, 0.717) is 11.5 Å². The number of hydrogen-bond acceptors (Lipinski definition) is 3. The van der Waals surface area contributed by atoms with E-state index >= 15 is 0 Å². The maximum absolute atomic E-state index is 12.2. The van der Waals surface area contributed by atoms with Crippen LogP contribution in [0.25, 0.3) is 0 Å². The quantitative estimate of drug-likeness (QED) is 0.862. The highest BCUT2D eigenvalue weighted by molar-refractivity contribution is 5.93. The molecule has 0 radical (unpaired) electrons. The second-order valence-electron chi connectivity index (χ2n) is 5.26. The highest BCUT2D eigenvalue weighted by atomic mass is 16.2. The predicted octanol–water partition coefficient (Wildman–Crippen LogP) is 0.457. The van der Waals surface area contributed by atoms with Gasteiger partial charge in [0.2, 0.25) is 0 Å². The van der Waals surface area contributed by atoms with E-state index in [1.165, 1.54) is 17.1 Å². The summed E-state index contributed by atoms with van der Waals surface area (Å²) in [7, 11) is 3.47. The van der Waals surface area contributed by atoms with Crippen molar-refractivity contribution in [2.24, 2.45) is 13.0 Å². The standard InChI is InChI=1S/C14H21N3O2/c1-16-7-5-12(8-13(16)18)14(19)17(2)10-11-4-3-6-15-9-11/h5,7-8,11,15H,3-4,6,9-10H2,1-2H3. The number of hydrogen-bond donors (Lipinski definition) is 1. The molecule has 2 rings (SSSR count). The molecule has 1 unspecified atom stereocenters. The molecular formula is C14H21N3O2. The van der Waals surface area contributed by atoms with E-state index in [0.717, 1.165) is 26.1 Å². The van der Waals surface area contributed by atoms with Crippen LogP contribution in [0, 0.1) is 5.92 Å². The van der Waals surface area contributed by atoms with Gasteiger partial charge in [-0.2, -0.15) is 0 Å². The number of nitrogens with one attached hydrogen (secondary N) is 1. The molecular weight excluding hydrogens is 242 g/mol. The maximum Gasteiger partial charge on any atom is 0.253 e. The van der Waals surface area contributed by atoms with Crippen molar-refractivity contribution in [3.63, 3.8) is 0 Å². The van der Waals surface area contributed by atoms with Gasteiger partial charge in [-0.3, -0.25) is 9.59 Å². The molecule has 2 heterocycles. The number of amides is 1. The molecule has 0 bridgehead atoms. The molecule has 19 heavy (non-hydrogen) atoms. The first-order valence-corrected chi connectivity index (χ1v) is 6.71. The third kappa shape index (κ3) is 3.44. The van der Waals surface area contributed by atoms with Crippen LogP contribution >= 0.6 is 0 Å². The Hall–Kier alpha value is -1.62. The molecule has 1 aliphatic heterocycles.